The maximum absolute atomic E-state index is 11.5. The SMILES string of the molecule is CCNC(=NCC(C)Oc1cccc(OC)c1)NCC1CCS(=O)(=O)C1. The number of hydrogen-bond acceptors (Lipinski definition) is 5. The molecule has 2 atom stereocenters. The number of rotatable bonds is 8. The molecule has 0 bridgehead atoms. The highest BCUT2D eigenvalue weighted by Crippen LogP contribution is 2.20. The monoisotopic (exact) mass is 383 g/mol. The lowest BCUT2D eigenvalue weighted by Gasteiger charge is -2.17. The quantitative estimate of drug-likeness (QED) is 0.522. The second-order valence-electron chi connectivity index (χ2n) is 6.48. The second kappa shape index (κ2) is 9.66. The molecule has 1 aliphatic heterocycles. The van der Waals surface area contributed by atoms with Crippen molar-refractivity contribution in [3.05, 3.63) is 24.3 Å². The van der Waals surface area contributed by atoms with E-state index in [0.717, 1.165) is 18.0 Å². The normalized spacial score (nSPS) is 20.4. The maximum atomic E-state index is 11.5. The van der Waals surface area contributed by atoms with Gasteiger partial charge in [-0.05, 0) is 38.3 Å². The summed E-state index contributed by atoms with van der Waals surface area (Å²) in [6, 6.07) is 7.47. The molecule has 1 aromatic carbocycles. The molecule has 2 unspecified atom stereocenters. The fourth-order valence-corrected chi connectivity index (χ4v) is 4.64. The molecule has 1 heterocycles. The van der Waals surface area contributed by atoms with Crippen LogP contribution >= 0.6 is 0 Å². The standard InChI is InChI=1S/C18H29N3O4S/c1-4-19-18(21-12-15-8-9-26(22,23)13-15)20-11-14(2)25-17-7-5-6-16(10-17)24-3/h5-7,10,14-15H,4,8-9,11-13H2,1-3H3,(H2,19,20,21). The summed E-state index contributed by atoms with van der Waals surface area (Å²) in [5.41, 5.74) is 0. The van der Waals surface area contributed by atoms with Crippen molar-refractivity contribution in [3.63, 3.8) is 0 Å². The molecule has 1 fully saturated rings. The fourth-order valence-electron chi connectivity index (χ4n) is 2.78. The topological polar surface area (TPSA) is 89.0 Å². The number of benzene rings is 1. The number of sulfone groups is 1. The number of hydrogen-bond donors (Lipinski definition) is 2. The molecule has 8 heteroatoms. The molecule has 0 aromatic heterocycles. The minimum atomic E-state index is -2.85. The Kier molecular flexibility index (Phi) is 7.56. The van der Waals surface area contributed by atoms with Crippen LogP contribution in [0, 0.1) is 5.92 Å². The Balaban J connectivity index is 1.84. The summed E-state index contributed by atoms with van der Waals surface area (Å²) in [6.45, 7) is 5.77. The van der Waals surface area contributed by atoms with Gasteiger partial charge in [-0.25, -0.2) is 13.4 Å². The zero-order valence-electron chi connectivity index (χ0n) is 15.7. The van der Waals surface area contributed by atoms with Crippen LogP contribution in [-0.2, 0) is 9.84 Å². The van der Waals surface area contributed by atoms with E-state index in [-0.39, 0.29) is 17.8 Å². The lowest BCUT2D eigenvalue weighted by atomic mass is 10.1. The van der Waals surface area contributed by atoms with Gasteiger partial charge < -0.3 is 20.1 Å². The first-order chi connectivity index (χ1) is 12.4. The first-order valence-corrected chi connectivity index (χ1v) is 10.8. The first kappa shape index (κ1) is 20.4. The highest BCUT2D eigenvalue weighted by Gasteiger charge is 2.27. The molecule has 0 aliphatic carbocycles. The Morgan fingerprint density at radius 3 is 2.77 bits per heavy atom. The van der Waals surface area contributed by atoms with Crippen molar-refractivity contribution in [2.45, 2.75) is 26.4 Å². The zero-order chi connectivity index (χ0) is 19.0. The highest BCUT2D eigenvalue weighted by molar-refractivity contribution is 7.91. The Morgan fingerprint density at radius 1 is 1.35 bits per heavy atom. The van der Waals surface area contributed by atoms with Crippen molar-refractivity contribution in [1.82, 2.24) is 10.6 Å². The third-order valence-corrected chi connectivity index (χ3v) is 5.95. The molecule has 2 N–H and O–H groups in total. The summed E-state index contributed by atoms with van der Waals surface area (Å²) in [7, 11) is -1.23. The molecule has 0 spiro atoms. The van der Waals surface area contributed by atoms with Crippen LogP contribution in [0.1, 0.15) is 20.3 Å². The van der Waals surface area contributed by atoms with Crippen molar-refractivity contribution in [3.8, 4) is 11.5 Å². The number of aliphatic imine (C=N–C) groups is 1. The van der Waals surface area contributed by atoms with Crippen LogP contribution in [-0.4, -0.2) is 58.7 Å². The van der Waals surface area contributed by atoms with Gasteiger partial charge in [0.05, 0.1) is 25.2 Å². The van der Waals surface area contributed by atoms with Crippen LogP contribution in [0.5, 0.6) is 11.5 Å². The molecule has 0 saturated carbocycles. The number of nitrogens with zero attached hydrogens (tertiary/aromatic N) is 1. The Morgan fingerprint density at radius 2 is 2.12 bits per heavy atom. The van der Waals surface area contributed by atoms with Gasteiger partial charge in [-0.2, -0.15) is 0 Å². The Labute approximate surface area is 156 Å². The summed E-state index contributed by atoms with van der Waals surface area (Å²) >= 11 is 0. The maximum Gasteiger partial charge on any atom is 0.191 e. The Hall–Kier alpha value is -1.96. The van der Waals surface area contributed by atoms with Gasteiger partial charge in [0.2, 0.25) is 0 Å². The van der Waals surface area contributed by atoms with Gasteiger partial charge in [0.25, 0.3) is 0 Å². The van der Waals surface area contributed by atoms with E-state index in [1.165, 1.54) is 0 Å². The van der Waals surface area contributed by atoms with Gasteiger partial charge >= 0.3 is 0 Å². The van der Waals surface area contributed by atoms with Gasteiger partial charge in [0.15, 0.2) is 15.8 Å². The fraction of sp³-hybridized carbons (Fsp3) is 0.611. The van der Waals surface area contributed by atoms with Crippen LogP contribution in [0.15, 0.2) is 29.3 Å². The van der Waals surface area contributed by atoms with Crippen molar-refractivity contribution in [2.75, 3.05) is 38.2 Å². The van der Waals surface area contributed by atoms with Gasteiger partial charge in [-0.15, -0.1) is 0 Å². The van der Waals surface area contributed by atoms with Gasteiger partial charge in [0, 0.05) is 19.2 Å². The van der Waals surface area contributed by atoms with Crippen molar-refractivity contribution in [2.24, 2.45) is 10.9 Å². The van der Waals surface area contributed by atoms with Crippen molar-refractivity contribution in [1.29, 1.82) is 0 Å². The minimum absolute atomic E-state index is 0.107. The summed E-state index contributed by atoms with van der Waals surface area (Å²) in [4.78, 5) is 4.54. The highest BCUT2D eigenvalue weighted by atomic mass is 32.2. The molecular formula is C18H29N3O4S. The molecule has 7 nitrogen and oxygen atoms in total. The summed E-state index contributed by atoms with van der Waals surface area (Å²) < 4.78 is 34.2. The van der Waals surface area contributed by atoms with E-state index >= 15 is 0 Å². The summed E-state index contributed by atoms with van der Waals surface area (Å²) in [5, 5.41) is 6.42. The van der Waals surface area contributed by atoms with E-state index in [4.69, 9.17) is 9.47 Å². The van der Waals surface area contributed by atoms with E-state index in [2.05, 4.69) is 15.6 Å². The number of guanidine groups is 1. The molecular weight excluding hydrogens is 354 g/mol. The first-order valence-electron chi connectivity index (χ1n) is 8.95. The molecule has 1 saturated heterocycles. The third kappa shape index (κ3) is 6.74. The van der Waals surface area contributed by atoms with E-state index in [9.17, 15) is 8.42 Å². The molecule has 2 rings (SSSR count). The Bertz CT molecular complexity index is 706. The second-order valence-corrected chi connectivity index (χ2v) is 8.71. The molecule has 146 valence electrons. The molecule has 1 aliphatic rings. The van der Waals surface area contributed by atoms with Gasteiger partial charge in [-0.3, -0.25) is 0 Å². The molecule has 0 radical (unpaired) electrons. The van der Waals surface area contributed by atoms with E-state index in [0.29, 0.717) is 31.2 Å². The molecule has 26 heavy (non-hydrogen) atoms. The molecule has 1 aromatic rings. The van der Waals surface area contributed by atoms with Crippen LogP contribution in [0.3, 0.4) is 0 Å². The summed E-state index contributed by atoms with van der Waals surface area (Å²) in [6.07, 6.45) is 0.605. The predicted molar refractivity (Wildman–Crippen MR) is 104 cm³/mol. The number of nitrogens with one attached hydrogen (secondary N) is 2. The smallest absolute Gasteiger partial charge is 0.191 e. The average molecular weight is 384 g/mol. The van der Waals surface area contributed by atoms with E-state index in [1.807, 2.05) is 38.1 Å². The largest absolute Gasteiger partial charge is 0.497 e. The van der Waals surface area contributed by atoms with Crippen molar-refractivity contribution >= 4 is 15.8 Å². The predicted octanol–water partition coefficient (Wildman–Crippen LogP) is 1.45. The lowest BCUT2D eigenvalue weighted by Crippen LogP contribution is -2.40. The number of ether oxygens (including phenoxy) is 2. The van der Waals surface area contributed by atoms with Crippen LogP contribution in [0.2, 0.25) is 0 Å². The van der Waals surface area contributed by atoms with Gasteiger partial charge in [0.1, 0.15) is 17.6 Å². The minimum Gasteiger partial charge on any atom is -0.497 e. The summed E-state index contributed by atoms with van der Waals surface area (Å²) in [5.74, 6) is 2.86. The van der Waals surface area contributed by atoms with Crippen LogP contribution in [0.4, 0.5) is 0 Å². The number of methoxy groups -OCH3 is 1. The lowest BCUT2D eigenvalue weighted by molar-refractivity contribution is 0.229. The zero-order valence-corrected chi connectivity index (χ0v) is 16.5. The van der Waals surface area contributed by atoms with Crippen LogP contribution in [0.25, 0.3) is 0 Å². The van der Waals surface area contributed by atoms with Crippen LogP contribution < -0.4 is 20.1 Å². The van der Waals surface area contributed by atoms with Crippen molar-refractivity contribution < 1.29 is 17.9 Å². The van der Waals surface area contributed by atoms with E-state index < -0.39 is 9.84 Å². The average Bonchev–Trinajstić information content (AvgIpc) is 2.96. The molecule has 0 amide bonds. The van der Waals surface area contributed by atoms with E-state index in [1.54, 1.807) is 7.11 Å². The third-order valence-electron chi connectivity index (χ3n) is 4.11. The van der Waals surface area contributed by atoms with Gasteiger partial charge in [-0.1, -0.05) is 6.07 Å².